The quantitative estimate of drug-likeness (QED) is 0.586. The van der Waals surface area contributed by atoms with Crippen LogP contribution < -0.4 is 5.32 Å². The van der Waals surface area contributed by atoms with E-state index in [4.69, 9.17) is 11.6 Å². The summed E-state index contributed by atoms with van der Waals surface area (Å²) in [5, 5.41) is 3.04. The van der Waals surface area contributed by atoms with Crippen molar-refractivity contribution in [2.45, 2.75) is 6.42 Å². The molecule has 1 aromatic heterocycles. The molecule has 0 spiro atoms. The molecule has 62 valence electrons. The average molecular weight is 294 g/mol. The van der Waals surface area contributed by atoms with Gasteiger partial charge in [-0.05, 0) is 22.6 Å². The summed E-state index contributed by atoms with van der Waals surface area (Å²) in [6.45, 7) is 0. The molecular weight excluding hydrogens is 290 g/mol. The van der Waals surface area contributed by atoms with E-state index in [0.717, 1.165) is 9.13 Å². The summed E-state index contributed by atoms with van der Waals surface area (Å²) in [5.41, 5.74) is 1.63. The molecule has 1 amide bonds. The van der Waals surface area contributed by atoms with Gasteiger partial charge in [0.1, 0.15) is 0 Å². The fourth-order valence-corrected chi connectivity index (χ4v) is 1.95. The Morgan fingerprint density at radius 3 is 3.08 bits per heavy atom. The molecule has 1 aliphatic heterocycles. The number of nitrogens with zero attached hydrogens (tertiary/aromatic N) is 1. The third-order valence-electron chi connectivity index (χ3n) is 1.69. The first-order valence-electron chi connectivity index (χ1n) is 3.31. The van der Waals surface area contributed by atoms with Crippen molar-refractivity contribution < 1.29 is 4.79 Å². The zero-order chi connectivity index (χ0) is 8.72. The minimum atomic E-state index is -0.0159. The van der Waals surface area contributed by atoms with E-state index in [1.165, 1.54) is 0 Å². The number of hydrogen-bond acceptors (Lipinski definition) is 2. The Kier molecular flexibility index (Phi) is 1.96. The molecule has 0 unspecified atom stereocenters. The Hall–Kier alpha value is -0.360. The van der Waals surface area contributed by atoms with Crippen LogP contribution in [-0.2, 0) is 11.2 Å². The highest BCUT2D eigenvalue weighted by atomic mass is 127. The second kappa shape index (κ2) is 2.85. The number of aromatic nitrogens is 1. The van der Waals surface area contributed by atoms with Gasteiger partial charge in [-0.15, -0.1) is 0 Å². The summed E-state index contributed by atoms with van der Waals surface area (Å²) in [4.78, 5) is 14.9. The number of fused-ring (bicyclic) bond motifs is 1. The molecule has 1 aromatic rings. The summed E-state index contributed by atoms with van der Waals surface area (Å²) in [6, 6.07) is 0. The fraction of sp³-hybridized carbons (Fsp3) is 0.143. The minimum absolute atomic E-state index is 0.0159. The molecule has 0 aliphatic carbocycles. The number of anilines is 1. The first-order chi connectivity index (χ1) is 5.68. The molecule has 3 nitrogen and oxygen atoms in total. The number of rotatable bonds is 0. The van der Waals surface area contributed by atoms with Crippen molar-refractivity contribution in [3.63, 3.8) is 0 Å². The normalized spacial score (nSPS) is 14.3. The van der Waals surface area contributed by atoms with Crippen molar-refractivity contribution in [3.05, 3.63) is 20.5 Å². The zero-order valence-corrected chi connectivity index (χ0v) is 8.81. The summed E-state index contributed by atoms with van der Waals surface area (Å²) < 4.78 is 0.977. The maximum Gasteiger partial charge on any atom is 0.229 e. The Bertz CT molecular complexity index is 334. The van der Waals surface area contributed by atoms with Crippen molar-refractivity contribution in [2.75, 3.05) is 5.32 Å². The van der Waals surface area contributed by atoms with Gasteiger partial charge in [0.05, 0.1) is 12.1 Å². The Balaban J connectivity index is 2.64. The van der Waals surface area contributed by atoms with Gasteiger partial charge in [-0.2, -0.15) is 0 Å². The summed E-state index contributed by atoms with van der Waals surface area (Å²) in [5.74, 6) is -0.0159. The summed E-state index contributed by atoms with van der Waals surface area (Å²) >= 11 is 7.92. The predicted octanol–water partition coefficient (Wildman–Crippen LogP) is 1.83. The van der Waals surface area contributed by atoms with E-state index in [2.05, 4.69) is 32.9 Å². The van der Waals surface area contributed by atoms with Crippen LogP contribution in [0.15, 0.2) is 6.20 Å². The van der Waals surface area contributed by atoms with Gasteiger partial charge in [0, 0.05) is 15.3 Å². The molecule has 0 aromatic carbocycles. The lowest BCUT2D eigenvalue weighted by molar-refractivity contribution is -0.115. The second-order valence-electron chi connectivity index (χ2n) is 2.48. The number of carbonyl (C=O) groups excluding carboxylic acids is 1. The van der Waals surface area contributed by atoms with Gasteiger partial charge in [0.25, 0.3) is 0 Å². The van der Waals surface area contributed by atoms with Crippen molar-refractivity contribution in [2.24, 2.45) is 0 Å². The molecule has 0 saturated carbocycles. The Morgan fingerprint density at radius 1 is 1.67 bits per heavy atom. The Morgan fingerprint density at radius 2 is 2.42 bits per heavy atom. The molecule has 2 rings (SSSR count). The highest BCUT2D eigenvalue weighted by Crippen LogP contribution is 2.32. The fourth-order valence-electron chi connectivity index (χ4n) is 1.14. The minimum Gasteiger partial charge on any atom is -0.323 e. The average Bonchev–Trinajstić information content (AvgIpc) is 2.41. The van der Waals surface area contributed by atoms with E-state index in [1.807, 2.05) is 0 Å². The maximum absolute atomic E-state index is 11.0. The number of nitrogens with one attached hydrogen (secondary N) is 1. The molecule has 0 saturated heterocycles. The second-order valence-corrected chi connectivity index (χ2v) is 4.00. The number of halogens is 2. The lowest BCUT2D eigenvalue weighted by Crippen LogP contribution is -2.03. The largest absolute Gasteiger partial charge is 0.323 e. The van der Waals surface area contributed by atoms with Gasteiger partial charge in [0.2, 0.25) is 5.91 Å². The standard InChI is InChI=1S/C7H4ClIN2O/c8-7-6-3(1-5(12)11-6)4(9)2-10-7/h2H,1H2,(H,11,12). The van der Waals surface area contributed by atoms with E-state index in [9.17, 15) is 4.79 Å². The van der Waals surface area contributed by atoms with Crippen LogP contribution in [0.3, 0.4) is 0 Å². The van der Waals surface area contributed by atoms with E-state index in [1.54, 1.807) is 6.20 Å². The van der Waals surface area contributed by atoms with Crippen molar-refractivity contribution in [3.8, 4) is 0 Å². The van der Waals surface area contributed by atoms with Crippen molar-refractivity contribution in [1.29, 1.82) is 0 Å². The van der Waals surface area contributed by atoms with E-state index in [-0.39, 0.29) is 5.91 Å². The van der Waals surface area contributed by atoms with Crippen molar-refractivity contribution in [1.82, 2.24) is 4.98 Å². The molecule has 0 radical (unpaired) electrons. The van der Waals surface area contributed by atoms with Crippen LogP contribution in [0, 0.1) is 3.57 Å². The van der Waals surface area contributed by atoms with Crippen LogP contribution in [0.4, 0.5) is 5.69 Å². The van der Waals surface area contributed by atoms with Crippen LogP contribution in [0.2, 0.25) is 5.15 Å². The zero-order valence-electron chi connectivity index (χ0n) is 5.90. The SMILES string of the molecule is O=C1Cc2c(I)cnc(Cl)c2N1. The first-order valence-corrected chi connectivity index (χ1v) is 4.77. The number of carbonyl (C=O) groups is 1. The Labute approximate surface area is 87.7 Å². The molecule has 2 heterocycles. The number of amides is 1. The lowest BCUT2D eigenvalue weighted by Gasteiger charge is -2.01. The van der Waals surface area contributed by atoms with Crippen molar-refractivity contribution >= 4 is 45.8 Å². The van der Waals surface area contributed by atoms with Crippen LogP contribution >= 0.6 is 34.2 Å². The van der Waals surface area contributed by atoms with Gasteiger partial charge < -0.3 is 5.32 Å². The monoisotopic (exact) mass is 294 g/mol. The smallest absolute Gasteiger partial charge is 0.229 e. The number of pyridine rings is 1. The molecule has 0 atom stereocenters. The highest BCUT2D eigenvalue weighted by Gasteiger charge is 2.23. The van der Waals surface area contributed by atoms with Gasteiger partial charge in [0.15, 0.2) is 5.15 Å². The summed E-state index contributed by atoms with van der Waals surface area (Å²) in [7, 11) is 0. The van der Waals surface area contributed by atoms with E-state index < -0.39 is 0 Å². The topological polar surface area (TPSA) is 42.0 Å². The molecule has 5 heteroatoms. The van der Waals surface area contributed by atoms with Crippen LogP contribution in [0.25, 0.3) is 0 Å². The highest BCUT2D eigenvalue weighted by molar-refractivity contribution is 14.1. The van der Waals surface area contributed by atoms with Crippen LogP contribution in [0.1, 0.15) is 5.56 Å². The maximum atomic E-state index is 11.0. The van der Waals surface area contributed by atoms with Crippen LogP contribution in [0.5, 0.6) is 0 Å². The van der Waals surface area contributed by atoms with E-state index in [0.29, 0.717) is 17.3 Å². The molecule has 0 bridgehead atoms. The molecule has 1 N–H and O–H groups in total. The molecule has 1 aliphatic rings. The molecule has 12 heavy (non-hydrogen) atoms. The summed E-state index contributed by atoms with van der Waals surface area (Å²) in [6.07, 6.45) is 2.08. The predicted molar refractivity (Wildman–Crippen MR) is 54.3 cm³/mol. The number of hydrogen-bond donors (Lipinski definition) is 1. The van der Waals surface area contributed by atoms with E-state index >= 15 is 0 Å². The third kappa shape index (κ3) is 1.19. The molecular formula is C7H4ClIN2O. The lowest BCUT2D eigenvalue weighted by atomic mass is 10.2. The van der Waals surface area contributed by atoms with Gasteiger partial charge in [-0.1, -0.05) is 11.6 Å². The van der Waals surface area contributed by atoms with Gasteiger partial charge >= 0.3 is 0 Å². The van der Waals surface area contributed by atoms with Gasteiger partial charge in [-0.25, -0.2) is 4.98 Å². The van der Waals surface area contributed by atoms with Gasteiger partial charge in [-0.3, -0.25) is 4.79 Å². The molecule has 0 fully saturated rings. The van der Waals surface area contributed by atoms with Crippen LogP contribution in [-0.4, -0.2) is 10.9 Å². The third-order valence-corrected chi connectivity index (χ3v) is 2.91. The first kappa shape index (κ1) is 8.25.